The van der Waals surface area contributed by atoms with Crippen LogP contribution in [0.4, 0.5) is 8.78 Å². The maximum atomic E-state index is 13.8. The molecule has 0 radical (unpaired) electrons. The quantitative estimate of drug-likeness (QED) is 0.557. The van der Waals surface area contributed by atoms with Crippen LogP contribution in [0.2, 0.25) is 0 Å². The third-order valence-electron chi connectivity index (χ3n) is 4.60. The average Bonchev–Trinajstić information content (AvgIpc) is 2.60. The summed E-state index contributed by atoms with van der Waals surface area (Å²) in [5.41, 5.74) is 2.59. The van der Waals surface area contributed by atoms with Crippen LogP contribution in [0.15, 0.2) is 36.4 Å². The van der Waals surface area contributed by atoms with Crippen molar-refractivity contribution in [2.24, 2.45) is 0 Å². The summed E-state index contributed by atoms with van der Waals surface area (Å²) in [6, 6.07) is 11.3. The summed E-state index contributed by atoms with van der Waals surface area (Å²) < 4.78 is 27.3. The molecule has 0 unspecified atom stereocenters. The van der Waals surface area contributed by atoms with Gasteiger partial charge in [-0.25, -0.2) is 8.78 Å². The standard InChI is InChI=1S/C20H19BF2/c21-18-13-12-17(19(22)20(18)23)11-8-14-6-9-16(10-7-14)15-4-2-1-3-5-15/h6-7,9-10,12-13,15H,1-5,21H2. The van der Waals surface area contributed by atoms with Gasteiger partial charge >= 0.3 is 0 Å². The van der Waals surface area contributed by atoms with E-state index in [-0.39, 0.29) is 5.56 Å². The summed E-state index contributed by atoms with van der Waals surface area (Å²) in [6.07, 6.45) is 6.49. The highest BCUT2D eigenvalue weighted by atomic mass is 19.2. The zero-order valence-electron chi connectivity index (χ0n) is 13.3. The molecule has 0 aliphatic heterocycles. The van der Waals surface area contributed by atoms with Crippen LogP contribution >= 0.6 is 0 Å². The summed E-state index contributed by atoms with van der Waals surface area (Å²) in [4.78, 5) is 0. The fraction of sp³-hybridized carbons (Fsp3) is 0.300. The average molecular weight is 308 g/mol. The smallest absolute Gasteiger partial charge is 0.173 e. The molecular formula is C20H19BF2. The lowest BCUT2D eigenvalue weighted by atomic mass is 9.84. The molecule has 0 N–H and O–H groups in total. The van der Waals surface area contributed by atoms with Crippen LogP contribution in [-0.2, 0) is 0 Å². The largest absolute Gasteiger partial charge is 0.204 e. The number of benzene rings is 2. The lowest BCUT2D eigenvalue weighted by Gasteiger charge is -2.21. The van der Waals surface area contributed by atoms with Crippen LogP contribution in [0.5, 0.6) is 0 Å². The van der Waals surface area contributed by atoms with Gasteiger partial charge in [0.15, 0.2) is 11.6 Å². The summed E-state index contributed by atoms with van der Waals surface area (Å²) in [5, 5.41) is 0. The Kier molecular flexibility index (Phi) is 4.81. The highest BCUT2D eigenvalue weighted by Gasteiger charge is 2.14. The van der Waals surface area contributed by atoms with E-state index in [0.717, 1.165) is 5.56 Å². The van der Waals surface area contributed by atoms with E-state index in [4.69, 9.17) is 0 Å². The van der Waals surface area contributed by atoms with E-state index >= 15 is 0 Å². The minimum Gasteiger partial charge on any atom is -0.204 e. The second-order valence-corrected chi connectivity index (χ2v) is 6.26. The van der Waals surface area contributed by atoms with E-state index in [2.05, 4.69) is 24.0 Å². The van der Waals surface area contributed by atoms with Gasteiger partial charge in [0.05, 0.1) is 5.56 Å². The zero-order chi connectivity index (χ0) is 16.2. The topological polar surface area (TPSA) is 0 Å². The summed E-state index contributed by atoms with van der Waals surface area (Å²) in [5.74, 6) is 4.63. The molecule has 116 valence electrons. The molecule has 0 spiro atoms. The van der Waals surface area contributed by atoms with Gasteiger partial charge in [-0.2, -0.15) is 0 Å². The summed E-state index contributed by atoms with van der Waals surface area (Å²) in [7, 11) is 1.54. The summed E-state index contributed by atoms with van der Waals surface area (Å²) >= 11 is 0. The van der Waals surface area contributed by atoms with E-state index in [0.29, 0.717) is 11.4 Å². The van der Waals surface area contributed by atoms with Crippen LogP contribution in [0, 0.1) is 23.5 Å². The van der Waals surface area contributed by atoms with Crippen molar-refractivity contribution in [1.29, 1.82) is 0 Å². The molecule has 1 aliphatic carbocycles. The number of rotatable bonds is 1. The monoisotopic (exact) mass is 308 g/mol. The first-order valence-electron chi connectivity index (χ1n) is 8.22. The highest BCUT2D eigenvalue weighted by molar-refractivity contribution is 6.32. The van der Waals surface area contributed by atoms with Gasteiger partial charge < -0.3 is 0 Å². The lowest BCUT2D eigenvalue weighted by Crippen LogP contribution is -2.11. The van der Waals surface area contributed by atoms with E-state index in [1.54, 1.807) is 13.9 Å². The molecule has 0 atom stereocenters. The first kappa shape index (κ1) is 15.8. The molecular weight excluding hydrogens is 289 g/mol. The number of hydrogen-bond acceptors (Lipinski definition) is 0. The van der Waals surface area contributed by atoms with Crippen LogP contribution in [0.25, 0.3) is 0 Å². The minimum atomic E-state index is -0.865. The van der Waals surface area contributed by atoms with Gasteiger partial charge in [-0.1, -0.05) is 54.8 Å². The molecule has 0 nitrogen and oxygen atoms in total. The van der Waals surface area contributed by atoms with Crippen molar-refractivity contribution in [3.63, 3.8) is 0 Å². The van der Waals surface area contributed by atoms with E-state index < -0.39 is 11.6 Å². The molecule has 0 heterocycles. The molecule has 0 saturated heterocycles. The van der Waals surface area contributed by atoms with Crippen LogP contribution in [-0.4, -0.2) is 7.85 Å². The second kappa shape index (κ2) is 7.00. The van der Waals surface area contributed by atoms with Crippen molar-refractivity contribution < 1.29 is 8.78 Å². The molecule has 2 aromatic rings. The zero-order valence-corrected chi connectivity index (χ0v) is 13.3. The summed E-state index contributed by atoms with van der Waals surface area (Å²) in [6.45, 7) is 0. The first-order valence-corrected chi connectivity index (χ1v) is 8.22. The van der Waals surface area contributed by atoms with Gasteiger partial charge in [-0.05, 0) is 42.5 Å². The Bertz CT molecular complexity index is 748. The number of hydrogen-bond donors (Lipinski definition) is 0. The minimum absolute atomic E-state index is 0.101. The number of halogens is 2. The van der Waals surface area contributed by atoms with Crippen molar-refractivity contribution in [1.82, 2.24) is 0 Å². The molecule has 1 aliphatic rings. The third kappa shape index (κ3) is 3.64. The van der Waals surface area contributed by atoms with Crippen molar-refractivity contribution in [3.05, 3.63) is 64.7 Å². The Labute approximate surface area is 137 Å². The molecule has 1 saturated carbocycles. The Morgan fingerprint density at radius 3 is 2.22 bits per heavy atom. The highest BCUT2D eigenvalue weighted by Crippen LogP contribution is 2.32. The van der Waals surface area contributed by atoms with Crippen LogP contribution in [0.3, 0.4) is 0 Å². The van der Waals surface area contributed by atoms with Crippen molar-refractivity contribution >= 4 is 13.3 Å². The van der Waals surface area contributed by atoms with E-state index in [9.17, 15) is 8.78 Å². The molecule has 23 heavy (non-hydrogen) atoms. The fourth-order valence-electron chi connectivity index (χ4n) is 3.16. The fourth-order valence-corrected chi connectivity index (χ4v) is 3.16. The van der Waals surface area contributed by atoms with Crippen molar-refractivity contribution in [2.45, 2.75) is 38.0 Å². The Morgan fingerprint density at radius 1 is 0.826 bits per heavy atom. The molecule has 3 rings (SSSR count). The van der Waals surface area contributed by atoms with Gasteiger partial charge in [0.1, 0.15) is 7.85 Å². The maximum Gasteiger partial charge on any atom is 0.173 e. The van der Waals surface area contributed by atoms with E-state index in [1.807, 2.05) is 12.1 Å². The van der Waals surface area contributed by atoms with Gasteiger partial charge in [-0.15, -0.1) is 0 Å². The maximum absolute atomic E-state index is 13.8. The molecule has 0 amide bonds. The van der Waals surface area contributed by atoms with E-state index in [1.165, 1.54) is 43.7 Å². The predicted octanol–water partition coefficient (Wildman–Crippen LogP) is 3.67. The van der Waals surface area contributed by atoms with Crippen LogP contribution < -0.4 is 5.46 Å². The molecule has 0 bridgehead atoms. The van der Waals surface area contributed by atoms with Crippen LogP contribution in [0.1, 0.15) is 54.7 Å². The van der Waals surface area contributed by atoms with Gasteiger partial charge in [0.2, 0.25) is 0 Å². The van der Waals surface area contributed by atoms with Gasteiger partial charge in [0, 0.05) is 5.56 Å². The van der Waals surface area contributed by atoms with Gasteiger partial charge in [-0.3, -0.25) is 0 Å². The predicted molar refractivity (Wildman–Crippen MR) is 92.8 cm³/mol. The van der Waals surface area contributed by atoms with Crippen molar-refractivity contribution in [3.8, 4) is 11.8 Å². The molecule has 0 aromatic heterocycles. The van der Waals surface area contributed by atoms with Gasteiger partial charge in [0.25, 0.3) is 0 Å². The SMILES string of the molecule is Bc1ccc(C#Cc2ccc(C3CCCCC3)cc2)c(F)c1F. The third-order valence-corrected chi connectivity index (χ3v) is 4.60. The first-order chi connectivity index (χ1) is 11.1. The van der Waals surface area contributed by atoms with Crippen molar-refractivity contribution in [2.75, 3.05) is 0 Å². The normalized spacial score (nSPS) is 15.0. The molecule has 1 fully saturated rings. The molecule has 3 heteroatoms. The Hall–Kier alpha value is -2.08. The Morgan fingerprint density at radius 2 is 1.52 bits per heavy atom. The second-order valence-electron chi connectivity index (χ2n) is 6.26. The Balaban J connectivity index is 1.78. The lowest BCUT2D eigenvalue weighted by molar-refractivity contribution is 0.443. The molecule has 2 aromatic carbocycles.